The van der Waals surface area contributed by atoms with Gasteiger partial charge in [0.1, 0.15) is 17.1 Å². The summed E-state index contributed by atoms with van der Waals surface area (Å²) in [4.78, 5) is 17.2. The molecule has 1 aromatic carbocycles. The highest BCUT2D eigenvalue weighted by Crippen LogP contribution is 2.34. The molecule has 28 heavy (non-hydrogen) atoms. The molecule has 6 heteroatoms. The van der Waals surface area contributed by atoms with E-state index in [0.29, 0.717) is 17.9 Å². The predicted molar refractivity (Wildman–Crippen MR) is 109 cm³/mol. The number of benzene rings is 1. The average molecular weight is 381 g/mol. The molecule has 2 aromatic heterocycles. The number of hydrogen-bond acceptors (Lipinski definition) is 4. The highest BCUT2D eigenvalue weighted by atomic mass is 16.5. The van der Waals surface area contributed by atoms with Crippen LogP contribution in [0.2, 0.25) is 0 Å². The standard InChI is InChI=1S/C22H27N3O3/c1-14(2)24-21(26)12-19(16-9-17(27-4)11-18(10-16)28-5)20-13-23-22-15(3)7-6-8-25(20)22/h6-11,13-14,19H,12H2,1-5H3,(H,24,26). The largest absolute Gasteiger partial charge is 0.497 e. The van der Waals surface area contributed by atoms with Gasteiger partial charge in [-0.25, -0.2) is 4.98 Å². The zero-order chi connectivity index (χ0) is 20.3. The summed E-state index contributed by atoms with van der Waals surface area (Å²) in [5.74, 6) is 1.17. The van der Waals surface area contributed by atoms with Crippen LogP contribution in [-0.4, -0.2) is 35.6 Å². The van der Waals surface area contributed by atoms with Crippen molar-refractivity contribution < 1.29 is 14.3 Å². The van der Waals surface area contributed by atoms with Gasteiger partial charge >= 0.3 is 0 Å². The van der Waals surface area contributed by atoms with Gasteiger partial charge in [0.15, 0.2) is 0 Å². The summed E-state index contributed by atoms with van der Waals surface area (Å²) >= 11 is 0. The molecule has 6 nitrogen and oxygen atoms in total. The van der Waals surface area contributed by atoms with Crippen LogP contribution in [-0.2, 0) is 4.79 Å². The van der Waals surface area contributed by atoms with Gasteiger partial charge in [-0.2, -0.15) is 0 Å². The number of pyridine rings is 1. The number of fused-ring (bicyclic) bond motifs is 1. The van der Waals surface area contributed by atoms with Crippen molar-refractivity contribution in [2.75, 3.05) is 14.2 Å². The topological polar surface area (TPSA) is 64.9 Å². The van der Waals surface area contributed by atoms with Crippen LogP contribution in [0, 0.1) is 6.92 Å². The summed E-state index contributed by atoms with van der Waals surface area (Å²) < 4.78 is 12.9. The first-order valence-corrected chi connectivity index (χ1v) is 9.37. The van der Waals surface area contributed by atoms with E-state index >= 15 is 0 Å². The molecule has 1 N–H and O–H groups in total. The normalized spacial score (nSPS) is 12.2. The van der Waals surface area contributed by atoms with Gasteiger partial charge in [-0.3, -0.25) is 4.79 Å². The molecule has 1 unspecified atom stereocenters. The fourth-order valence-corrected chi connectivity index (χ4v) is 3.42. The molecule has 3 rings (SSSR count). The molecule has 0 aliphatic rings. The highest BCUT2D eigenvalue weighted by Gasteiger charge is 2.24. The van der Waals surface area contributed by atoms with E-state index in [4.69, 9.17) is 9.47 Å². The second-order valence-electron chi connectivity index (χ2n) is 7.19. The number of nitrogens with zero attached hydrogens (tertiary/aromatic N) is 2. The molecule has 2 heterocycles. The first-order valence-electron chi connectivity index (χ1n) is 9.37. The van der Waals surface area contributed by atoms with E-state index in [2.05, 4.69) is 14.7 Å². The summed E-state index contributed by atoms with van der Waals surface area (Å²) in [7, 11) is 3.24. The SMILES string of the molecule is COc1cc(OC)cc(C(CC(=O)NC(C)C)c2cnc3c(C)cccn23)c1. The number of nitrogens with one attached hydrogen (secondary N) is 1. The monoisotopic (exact) mass is 381 g/mol. The highest BCUT2D eigenvalue weighted by molar-refractivity contribution is 5.78. The first kappa shape index (κ1) is 19.7. The van der Waals surface area contributed by atoms with Crippen LogP contribution in [0.3, 0.4) is 0 Å². The summed E-state index contributed by atoms with van der Waals surface area (Å²) in [6, 6.07) is 9.83. The van der Waals surface area contributed by atoms with Gasteiger partial charge in [-0.1, -0.05) is 6.07 Å². The number of methoxy groups -OCH3 is 2. The van der Waals surface area contributed by atoms with Crippen molar-refractivity contribution in [3.05, 3.63) is 59.5 Å². The number of ether oxygens (including phenoxy) is 2. The van der Waals surface area contributed by atoms with Crippen molar-refractivity contribution in [3.63, 3.8) is 0 Å². The average Bonchev–Trinajstić information content (AvgIpc) is 3.10. The van der Waals surface area contributed by atoms with Gasteiger partial charge < -0.3 is 19.2 Å². The van der Waals surface area contributed by atoms with Crippen LogP contribution in [0.5, 0.6) is 11.5 Å². The number of hydrogen-bond donors (Lipinski definition) is 1. The van der Waals surface area contributed by atoms with Gasteiger partial charge in [0.05, 0.1) is 19.9 Å². The van der Waals surface area contributed by atoms with Gasteiger partial charge in [0.2, 0.25) is 5.91 Å². The Morgan fingerprint density at radius 3 is 2.46 bits per heavy atom. The van der Waals surface area contributed by atoms with Crippen molar-refractivity contribution in [2.45, 2.75) is 39.2 Å². The third kappa shape index (κ3) is 4.11. The molecule has 3 aromatic rings. The van der Waals surface area contributed by atoms with Crippen molar-refractivity contribution in [1.82, 2.24) is 14.7 Å². The Bertz CT molecular complexity index is 956. The molecule has 0 bridgehead atoms. The lowest BCUT2D eigenvalue weighted by Crippen LogP contribution is -2.31. The fraction of sp³-hybridized carbons (Fsp3) is 0.364. The van der Waals surface area contributed by atoms with Crippen molar-refractivity contribution in [3.8, 4) is 11.5 Å². The molecule has 0 radical (unpaired) electrons. The van der Waals surface area contributed by atoms with E-state index in [1.165, 1.54) is 0 Å². The number of aromatic nitrogens is 2. The zero-order valence-electron chi connectivity index (χ0n) is 17.0. The van der Waals surface area contributed by atoms with Gasteiger partial charge in [-0.05, 0) is 50.1 Å². The molecule has 0 aliphatic heterocycles. The minimum atomic E-state index is -0.195. The maximum atomic E-state index is 12.6. The van der Waals surface area contributed by atoms with Crippen molar-refractivity contribution >= 4 is 11.6 Å². The Morgan fingerprint density at radius 1 is 1.18 bits per heavy atom. The molecule has 148 valence electrons. The number of imidazole rings is 1. The van der Waals surface area contributed by atoms with Crippen LogP contribution in [0.25, 0.3) is 5.65 Å². The molecule has 0 spiro atoms. The molecule has 1 amide bonds. The van der Waals surface area contributed by atoms with E-state index in [1.54, 1.807) is 14.2 Å². The molecule has 0 saturated heterocycles. The van der Waals surface area contributed by atoms with E-state index in [1.807, 2.05) is 63.5 Å². The smallest absolute Gasteiger partial charge is 0.221 e. The van der Waals surface area contributed by atoms with E-state index in [9.17, 15) is 4.79 Å². The molecular formula is C22H27N3O3. The maximum Gasteiger partial charge on any atom is 0.221 e. The Kier molecular flexibility index (Phi) is 5.87. The van der Waals surface area contributed by atoms with Crippen LogP contribution in [0.1, 0.15) is 43.0 Å². The van der Waals surface area contributed by atoms with E-state index in [-0.39, 0.29) is 17.9 Å². The van der Waals surface area contributed by atoms with Crippen LogP contribution in [0.4, 0.5) is 0 Å². The second kappa shape index (κ2) is 8.33. The summed E-state index contributed by atoms with van der Waals surface area (Å²) in [6.07, 6.45) is 4.13. The lowest BCUT2D eigenvalue weighted by atomic mass is 9.91. The van der Waals surface area contributed by atoms with Crippen molar-refractivity contribution in [2.24, 2.45) is 0 Å². The van der Waals surface area contributed by atoms with Gasteiger partial charge in [0.25, 0.3) is 0 Å². The molecular weight excluding hydrogens is 354 g/mol. The lowest BCUT2D eigenvalue weighted by Gasteiger charge is -2.20. The van der Waals surface area contributed by atoms with Crippen LogP contribution >= 0.6 is 0 Å². The first-order chi connectivity index (χ1) is 13.4. The third-order valence-electron chi connectivity index (χ3n) is 4.73. The summed E-state index contributed by atoms with van der Waals surface area (Å²) in [5, 5.41) is 2.99. The number of amides is 1. The number of carbonyl (C=O) groups is 1. The van der Waals surface area contributed by atoms with Gasteiger partial charge in [-0.15, -0.1) is 0 Å². The Morgan fingerprint density at radius 2 is 1.86 bits per heavy atom. The Balaban J connectivity index is 2.12. The van der Waals surface area contributed by atoms with E-state index < -0.39 is 0 Å². The number of aryl methyl sites for hydroxylation is 1. The third-order valence-corrected chi connectivity index (χ3v) is 4.73. The number of rotatable bonds is 7. The minimum Gasteiger partial charge on any atom is -0.497 e. The van der Waals surface area contributed by atoms with E-state index in [0.717, 1.165) is 22.5 Å². The minimum absolute atomic E-state index is 0.00982. The zero-order valence-corrected chi connectivity index (χ0v) is 17.0. The lowest BCUT2D eigenvalue weighted by molar-refractivity contribution is -0.121. The van der Waals surface area contributed by atoms with Crippen molar-refractivity contribution in [1.29, 1.82) is 0 Å². The summed E-state index contributed by atoms with van der Waals surface area (Å²) in [5.41, 5.74) is 3.87. The molecule has 0 aliphatic carbocycles. The summed E-state index contributed by atoms with van der Waals surface area (Å²) in [6.45, 7) is 5.94. The Hall–Kier alpha value is -3.02. The number of carbonyl (C=O) groups excluding carboxylic acids is 1. The molecule has 0 saturated carbocycles. The second-order valence-corrected chi connectivity index (χ2v) is 7.19. The maximum absolute atomic E-state index is 12.6. The fourth-order valence-electron chi connectivity index (χ4n) is 3.42. The van der Waals surface area contributed by atoms with Gasteiger partial charge in [0, 0.05) is 36.8 Å². The predicted octanol–water partition coefficient (Wildman–Crippen LogP) is 3.71. The molecule has 0 fully saturated rings. The van der Waals surface area contributed by atoms with Crippen LogP contribution in [0.15, 0.2) is 42.7 Å². The van der Waals surface area contributed by atoms with Crippen LogP contribution < -0.4 is 14.8 Å². The Labute approximate surface area is 165 Å². The quantitative estimate of drug-likeness (QED) is 0.678. The molecule has 1 atom stereocenters.